The number of rotatable bonds is 6. The second-order valence-corrected chi connectivity index (χ2v) is 4.70. The molecule has 1 atom stereocenters. The summed E-state index contributed by atoms with van der Waals surface area (Å²) >= 11 is 0. The minimum absolute atomic E-state index is 0. The smallest absolute Gasteiger partial charge is 0.0828 e. The Hall–Kier alpha value is -0.570. The standard InChI is InChI=1S/C15H23NO.ClH/c1-2-10-16-11-12-17-15-9-5-7-13-6-3-4-8-14(13)15;/h3-4,6,8,15-16H,2,5,7,9-12H2,1H3;1H. The molecule has 1 aliphatic rings. The topological polar surface area (TPSA) is 21.3 Å². The van der Waals surface area contributed by atoms with E-state index in [2.05, 4.69) is 36.5 Å². The molecule has 0 saturated carbocycles. The number of aryl methyl sites for hydroxylation is 1. The average Bonchev–Trinajstić information content (AvgIpc) is 2.39. The lowest BCUT2D eigenvalue weighted by Gasteiger charge is -2.25. The van der Waals surface area contributed by atoms with E-state index < -0.39 is 0 Å². The number of hydrogen-bond acceptors (Lipinski definition) is 2. The highest BCUT2D eigenvalue weighted by Crippen LogP contribution is 2.31. The fourth-order valence-electron chi connectivity index (χ4n) is 2.46. The Morgan fingerprint density at radius 1 is 1.28 bits per heavy atom. The van der Waals surface area contributed by atoms with Gasteiger partial charge in [-0.2, -0.15) is 0 Å². The SMILES string of the molecule is CCCNCCOC1CCCc2ccccc21.Cl. The summed E-state index contributed by atoms with van der Waals surface area (Å²) in [5, 5.41) is 3.37. The molecule has 0 aliphatic heterocycles. The summed E-state index contributed by atoms with van der Waals surface area (Å²) in [6, 6.07) is 8.71. The molecule has 0 amide bonds. The molecule has 3 heteroatoms. The van der Waals surface area contributed by atoms with Crippen LogP contribution in [0.5, 0.6) is 0 Å². The number of hydrogen-bond donors (Lipinski definition) is 1. The lowest BCUT2D eigenvalue weighted by molar-refractivity contribution is 0.0427. The zero-order valence-corrected chi connectivity index (χ0v) is 12.0. The van der Waals surface area contributed by atoms with Gasteiger partial charge in [-0.3, -0.25) is 0 Å². The maximum atomic E-state index is 5.99. The highest BCUT2D eigenvalue weighted by Gasteiger charge is 2.19. The first-order valence-electron chi connectivity index (χ1n) is 6.82. The van der Waals surface area contributed by atoms with E-state index in [4.69, 9.17) is 4.74 Å². The van der Waals surface area contributed by atoms with Gasteiger partial charge in [0.1, 0.15) is 0 Å². The second kappa shape index (κ2) is 8.52. The van der Waals surface area contributed by atoms with E-state index in [0.717, 1.165) is 19.7 Å². The van der Waals surface area contributed by atoms with Crippen LogP contribution < -0.4 is 5.32 Å². The predicted molar refractivity (Wildman–Crippen MR) is 78.5 cm³/mol. The fraction of sp³-hybridized carbons (Fsp3) is 0.600. The summed E-state index contributed by atoms with van der Waals surface area (Å²) in [5.41, 5.74) is 2.89. The second-order valence-electron chi connectivity index (χ2n) is 4.70. The lowest BCUT2D eigenvalue weighted by Crippen LogP contribution is -2.22. The van der Waals surface area contributed by atoms with Crippen LogP contribution in [0.1, 0.15) is 43.4 Å². The molecule has 1 aromatic rings. The molecule has 18 heavy (non-hydrogen) atoms. The van der Waals surface area contributed by atoms with Gasteiger partial charge in [0.15, 0.2) is 0 Å². The Morgan fingerprint density at radius 2 is 2.11 bits per heavy atom. The molecule has 0 bridgehead atoms. The van der Waals surface area contributed by atoms with Gasteiger partial charge in [0.25, 0.3) is 0 Å². The zero-order chi connectivity index (χ0) is 11.9. The van der Waals surface area contributed by atoms with Crippen molar-refractivity contribution in [2.75, 3.05) is 19.7 Å². The number of fused-ring (bicyclic) bond motifs is 1. The van der Waals surface area contributed by atoms with Crippen molar-refractivity contribution in [1.29, 1.82) is 0 Å². The summed E-state index contributed by atoms with van der Waals surface area (Å²) in [4.78, 5) is 0. The molecule has 0 heterocycles. The van der Waals surface area contributed by atoms with Crippen molar-refractivity contribution < 1.29 is 4.74 Å². The summed E-state index contributed by atoms with van der Waals surface area (Å²) in [7, 11) is 0. The molecule has 1 aliphatic carbocycles. The van der Waals surface area contributed by atoms with Gasteiger partial charge in [-0.15, -0.1) is 12.4 Å². The molecule has 1 N–H and O–H groups in total. The van der Waals surface area contributed by atoms with E-state index in [1.165, 1.54) is 36.8 Å². The van der Waals surface area contributed by atoms with Crippen molar-refractivity contribution in [3.8, 4) is 0 Å². The van der Waals surface area contributed by atoms with Crippen LogP contribution in [0.25, 0.3) is 0 Å². The number of benzene rings is 1. The zero-order valence-electron chi connectivity index (χ0n) is 11.2. The normalized spacial score (nSPS) is 17.9. The van der Waals surface area contributed by atoms with Crippen LogP contribution in [0.2, 0.25) is 0 Å². The van der Waals surface area contributed by atoms with Gasteiger partial charge < -0.3 is 10.1 Å². The lowest BCUT2D eigenvalue weighted by atomic mass is 9.89. The van der Waals surface area contributed by atoms with Crippen LogP contribution in [0.3, 0.4) is 0 Å². The van der Waals surface area contributed by atoms with Gasteiger partial charge in [0, 0.05) is 6.54 Å². The van der Waals surface area contributed by atoms with Crippen LogP contribution >= 0.6 is 12.4 Å². The van der Waals surface area contributed by atoms with Crippen LogP contribution in [-0.4, -0.2) is 19.7 Å². The van der Waals surface area contributed by atoms with Crippen LogP contribution in [0.15, 0.2) is 24.3 Å². The quantitative estimate of drug-likeness (QED) is 0.798. The molecule has 0 aromatic heterocycles. The molecule has 0 fully saturated rings. The highest BCUT2D eigenvalue weighted by molar-refractivity contribution is 5.85. The third-order valence-electron chi connectivity index (χ3n) is 3.34. The highest BCUT2D eigenvalue weighted by atomic mass is 35.5. The molecule has 2 rings (SSSR count). The summed E-state index contributed by atoms with van der Waals surface area (Å²) in [6.45, 7) is 5.06. The molecular weight excluding hydrogens is 246 g/mol. The van der Waals surface area contributed by atoms with Crippen molar-refractivity contribution >= 4 is 12.4 Å². The minimum Gasteiger partial charge on any atom is -0.372 e. The maximum absolute atomic E-state index is 5.99. The molecule has 0 radical (unpaired) electrons. The van der Waals surface area contributed by atoms with Crippen molar-refractivity contribution in [2.45, 2.75) is 38.7 Å². The monoisotopic (exact) mass is 269 g/mol. The van der Waals surface area contributed by atoms with E-state index in [1.807, 2.05) is 0 Å². The molecule has 1 unspecified atom stereocenters. The van der Waals surface area contributed by atoms with Crippen molar-refractivity contribution in [1.82, 2.24) is 5.32 Å². The van der Waals surface area contributed by atoms with Gasteiger partial charge >= 0.3 is 0 Å². The van der Waals surface area contributed by atoms with E-state index in [1.54, 1.807) is 0 Å². The Balaban J connectivity index is 0.00000162. The number of nitrogens with one attached hydrogen (secondary N) is 1. The Kier molecular flexibility index (Phi) is 7.33. The molecule has 0 spiro atoms. The van der Waals surface area contributed by atoms with Gasteiger partial charge in [0.05, 0.1) is 12.7 Å². The molecule has 102 valence electrons. The van der Waals surface area contributed by atoms with Crippen LogP contribution in [0.4, 0.5) is 0 Å². The minimum atomic E-state index is 0. The van der Waals surface area contributed by atoms with Gasteiger partial charge in [-0.1, -0.05) is 31.2 Å². The summed E-state index contributed by atoms with van der Waals surface area (Å²) in [5.74, 6) is 0. The fourth-order valence-corrected chi connectivity index (χ4v) is 2.46. The van der Waals surface area contributed by atoms with Gasteiger partial charge in [-0.25, -0.2) is 0 Å². The molecule has 0 saturated heterocycles. The number of halogens is 1. The third kappa shape index (κ3) is 4.27. The summed E-state index contributed by atoms with van der Waals surface area (Å²) < 4.78 is 5.99. The van der Waals surface area contributed by atoms with Crippen molar-refractivity contribution in [3.63, 3.8) is 0 Å². The van der Waals surface area contributed by atoms with Gasteiger partial charge in [0.2, 0.25) is 0 Å². The van der Waals surface area contributed by atoms with E-state index >= 15 is 0 Å². The first-order chi connectivity index (χ1) is 8.42. The average molecular weight is 270 g/mol. The molecule has 1 aromatic carbocycles. The predicted octanol–water partition coefficient (Wildman–Crippen LogP) is 3.50. The first-order valence-corrected chi connectivity index (χ1v) is 6.82. The van der Waals surface area contributed by atoms with Crippen molar-refractivity contribution in [3.05, 3.63) is 35.4 Å². The van der Waals surface area contributed by atoms with Crippen LogP contribution in [0, 0.1) is 0 Å². The summed E-state index contributed by atoms with van der Waals surface area (Å²) in [6.07, 6.45) is 5.15. The van der Waals surface area contributed by atoms with E-state index in [-0.39, 0.29) is 12.4 Å². The maximum Gasteiger partial charge on any atom is 0.0828 e. The van der Waals surface area contributed by atoms with E-state index in [0.29, 0.717) is 6.10 Å². The first kappa shape index (κ1) is 15.5. The van der Waals surface area contributed by atoms with Gasteiger partial charge in [-0.05, 0) is 43.4 Å². The molecule has 2 nitrogen and oxygen atoms in total. The third-order valence-corrected chi connectivity index (χ3v) is 3.34. The van der Waals surface area contributed by atoms with Crippen molar-refractivity contribution in [2.24, 2.45) is 0 Å². The number of ether oxygens (including phenoxy) is 1. The van der Waals surface area contributed by atoms with Crippen LogP contribution in [-0.2, 0) is 11.2 Å². The largest absolute Gasteiger partial charge is 0.372 e. The Labute approximate surface area is 117 Å². The molecular formula is C15H24ClNO. The Bertz CT molecular complexity index is 343. The Morgan fingerprint density at radius 3 is 2.94 bits per heavy atom. The van der Waals surface area contributed by atoms with E-state index in [9.17, 15) is 0 Å².